The molecule has 100 valence electrons. The van der Waals surface area contributed by atoms with E-state index in [1.807, 2.05) is 24.3 Å². The maximum absolute atomic E-state index is 13.1. The van der Waals surface area contributed by atoms with Gasteiger partial charge < -0.3 is 9.47 Å². The number of ether oxygens (including phenoxy) is 2. The molecule has 0 heterocycles. The van der Waals surface area contributed by atoms with Crippen LogP contribution in [0.5, 0.6) is 11.5 Å². The molecule has 19 heavy (non-hydrogen) atoms. The van der Waals surface area contributed by atoms with E-state index < -0.39 is 0 Å². The highest BCUT2D eigenvalue weighted by Crippen LogP contribution is 2.17. The van der Waals surface area contributed by atoms with Crippen LogP contribution < -0.4 is 9.47 Å². The highest BCUT2D eigenvalue weighted by Gasteiger charge is 2.00. The van der Waals surface area contributed by atoms with Crippen molar-refractivity contribution in [2.24, 2.45) is 0 Å². The molecule has 0 atom stereocenters. The maximum atomic E-state index is 13.1. The third kappa shape index (κ3) is 4.24. The van der Waals surface area contributed by atoms with Crippen molar-refractivity contribution in [2.75, 3.05) is 13.2 Å². The van der Waals surface area contributed by atoms with Crippen molar-refractivity contribution in [1.82, 2.24) is 0 Å². The standard InChI is InChI=1S/C15H14BrFO2/c1-11-10-14(6-7-15(11)17)19-9-8-18-13-4-2-12(16)3-5-13/h2-7,10H,8-9H2,1H3. The van der Waals surface area contributed by atoms with E-state index >= 15 is 0 Å². The lowest BCUT2D eigenvalue weighted by Crippen LogP contribution is -2.09. The van der Waals surface area contributed by atoms with Crippen LogP contribution >= 0.6 is 15.9 Å². The van der Waals surface area contributed by atoms with Gasteiger partial charge in [0.05, 0.1) is 0 Å². The largest absolute Gasteiger partial charge is 0.490 e. The van der Waals surface area contributed by atoms with Crippen molar-refractivity contribution in [3.63, 3.8) is 0 Å². The molecule has 0 aliphatic rings. The molecule has 0 amide bonds. The molecule has 0 spiro atoms. The number of halogens is 2. The minimum Gasteiger partial charge on any atom is -0.490 e. The van der Waals surface area contributed by atoms with Crippen molar-refractivity contribution in [1.29, 1.82) is 0 Å². The molecule has 0 aliphatic carbocycles. The molecular formula is C15H14BrFO2. The van der Waals surface area contributed by atoms with E-state index in [4.69, 9.17) is 9.47 Å². The average molecular weight is 325 g/mol. The zero-order valence-electron chi connectivity index (χ0n) is 10.5. The second kappa shape index (κ2) is 6.57. The molecule has 0 aromatic heterocycles. The first-order valence-electron chi connectivity index (χ1n) is 5.92. The van der Waals surface area contributed by atoms with Crippen LogP contribution in [0.25, 0.3) is 0 Å². The summed E-state index contributed by atoms with van der Waals surface area (Å²) in [4.78, 5) is 0. The Morgan fingerprint density at radius 2 is 1.53 bits per heavy atom. The Morgan fingerprint density at radius 3 is 2.16 bits per heavy atom. The molecule has 2 aromatic rings. The summed E-state index contributed by atoms with van der Waals surface area (Å²) in [6.45, 7) is 2.57. The lowest BCUT2D eigenvalue weighted by Gasteiger charge is -2.09. The highest BCUT2D eigenvalue weighted by molar-refractivity contribution is 9.10. The van der Waals surface area contributed by atoms with Gasteiger partial charge in [-0.3, -0.25) is 0 Å². The summed E-state index contributed by atoms with van der Waals surface area (Å²) in [6.07, 6.45) is 0. The summed E-state index contributed by atoms with van der Waals surface area (Å²) in [5.41, 5.74) is 0.575. The van der Waals surface area contributed by atoms with Crippen LogP contribution in [0.1, 0.15) is 5.56 Å². The van der Waals surface area contributed by atoms with Gasteiger partial charge in [0.1, 0.15) is 30.5 Å². The predicted octanol–water partition coefficient (Wildman–Crippen LogP) is 4.35. The van der Waals surface area contributed by atoms with Crippen molar-refractivity contribution < 1.29 is 13.9 Å². The molecule has 0 saturated carbocycles. The lowest BCUT2D eigenvalue weighted by molar-refractivity contribution is 0.217. The third-order valence-corrected chi connectivity index (χ3v) is 3.09. The van der Waals surface area contributed by atoms with Crippen LogP contribution in [-0.2, 0) is 0 Å². The van der Waals surface area contributed by atoms with Gasteiger partial charge in [0.2, 0.25) is 0 Å². The number of hydrogen-bond donors (Lipinski definition) is 0. The topological polar surface area (TPSA) is 18.5 Å². The van der Waals surface area contributed by atoms with E-state index in [9.17, 15) is 4.39 Å². The molecule has 0 radical (unpaired) electrons. The van der Waals surface area contributed by atoms with Gasteiger partial charge in [0, 0.05) is 4.47 Å². The normalized spacial score (nSPS) is 10.3. The number of benzene rings is 2. The lowest BCUT2D eigenvalue weighted by atomic mass is 10.2. The van der Waals surface area contributed by atoms with Crippen molar-refractivity contribution in [3.05, 3.63) is 58.3 Å². The van der Waals surface area contributed by atoms with E-state index in [1.54, 1.807) is 19.1 Å². The van der Waals surface area contributed by atoms with Crippen LogP contribution in [0, 0.1) is 12.7 Å². The maximum Gasteiger partial charge on any atom is 0.126 e. The molecule has 0 bridgehead atoms. The van der Waals surface area contributed by atoms with Gasteiger partial charge in [-0.25, -0.2) is 4.39 Å². The van der Waals surface area contributed by atoms with Crippen LogP contribution in [-0.4, -0.2) is 13.2 Å². The molecule has 0 N–H and O–H groups in total. The van der Waals surface area contributed by atoms with E-state index in [2.05, 4.69) is 15.9 Å². The first kappa shape index (κ1) is 13.9. The average Bonchev–Trinajstić information content (AvgIpc) is 2.41. The van der Waals surface area contributed by atoms with Crippen molar-refractivity contribution >= 4 is 15.9 Å². The van der Waals surface area contributed by atoms with Crippen molar-refractivity contribution in [3.8, 4) is 11.5 Å². The van der Waals surface area contributed by atoms with Gasteiger partial charge in [0.25, 0.3) is 0 Å². The summed E-state index contributed by atoms with van der Waals surface area (Å²) in [7, 11) is 0. The second-order valence-electron chi connectivity index (χ2n) is 4.06. The zero-order valence-corrected chi connectivity index (χ0v) is 12.1. The van der Waals surface area contributed by atoms with Crippen molar-refractivity contribution in [2.45, 2.75) is 6.92 Å². The summed E-state index contributed by atoms with van der Waals surface area (Å²) in [5.74, 6) is 1.22. The first-order chi connectivity index (χ1) is 9.15. The Morgan fingerprint density at radius 1 is 0.947 bits per heavy atom. The Labute approximate surface area is 120 Å². The fourth-order valence-electron chi connectivity index (χ4n) is 1.56. The minimum atomic E-state index is -0.224. The van der Waals surface area contributed by atoms with Gasteiger partial charge in [-0.15, -0.1) is 0 Å². The molecule has 2 nitrogen and oxygen atoms in total. The smallest absolute Gasteiger partial charge is 0.126 e. The summed E-state index contributed by atoms with van der Waals surface area (Å²) < 4.78 is 25.1. The van der Waals surface area contributed by atoms with E-state index in [-0.39, 0.29) is 5.82 Å². The predicted molar refractivity (Wildman–Crippen MR) is 76.3 cm³/mol. The fraction of sp³-hybridized carbons (Fsp3) is 0.200. The van der Waals surface area contributed by atoms with Gasteiger partial charge in [-0.2, -0.15) is 0 Å². The van der Waals surface area contributed by atoms with Gasteiger partial charge in [0.15, 0.2) is 0 Å². The fourth-order valence-corrected chi connectivity index (χ4v) is 1.82. The molecule has 2 rings (SSSR count). The van der Waals surface area contributed by atoms with E-state index in [0.717, 1.165) is 10.2 Å². The van der Waals surface area contributed by atoms with E-state index in [0.29, 0.717) is 24.5 Å². The Balaban J connectivity index is 1.77. The van der Waals surface area contributed by atoms with Gasteiger partial charge in [-0.05, 0) is 55.0 Å². The summed E-state index contributed by atoms with van der Waals surface area (Å²) >= 11 is 3.36. The molecule has 0 unspecified atom stereocenters. The number of rotatable bonds is 5. The molecular weight excluding hydrogens is 311 g/mol. The zero-order chi connectivity index (χ0) is 13.7. The van der Waals surface area contributed by atoms with Crippen LogP contribution in [0.4, 0.5) is 4.39 Å². The van der Waals surface area contributed by atoms with Crippen LogP contribution in [0.2, 0.25) is 0 Å². The second-order valence-corrected chi connectivity index (χ2v) is 4.98. The Hall–Kier alpha value is -1.55. The summed E-state index contributed by atoms with van der Waals surface area (Å²) in [5, 5.41) is 0. The number of aryl methyl sites for hydroxylation is 1. The molecule has 2 aromatic carbocycles. The quantitative estimate of drug-likeness (QED) is 0.761. The van der Waals surface area contributed by atoms with Crippen LogP contribution in [0.3, 0.4) is 0 Å². The molecule has 0 saturated heterocycles. The summed E-state index contributed by atoms with van der Waals surface area (Å²) in [6, 6.07) is 12.3. The molecule has 4 heteroatoms. The SMILES string of the molecule is Cc1cc(OCCOc2ccc(Br)cc2)ccc1F. The van der Waals surface area contributed by atoms with Gasteiger partial charge >= 0.3 is 0 Å². The minimum absolute atomic E-state index is 0.224. The van der Waals surface area contributed by atoms with Crippen LogP contribution in [0.15, 0.2) is 46.9 Å². The number of hydrogen-bond acceptors (Lipinski definition) is 2. The monoisotopic (exact) mass is 324 g/mol. The molecule has 0 fully saturated rings. The Kier molecular flexibility index (Phi) is 4.80. The first-order valence-corrected chi connectivity index (χ1v) is 6.72. The van der Waals surface area contributed by atoms with Gasteiger partial charge in [-0.1, -0.05) is 15.9 Å². The van der Waals surface area contributed by atoms with E-state index in [1.165, 1.54) is 6.07 Å². The third-order valence-electron chi connectivity index (χ3n) is 2.56. The molecule has 0 aliphatic heterocycles. The highest BCUT2D eigenvalue weighted by atomic mass is 79.9. The Bertz CT molecular complexity index is 540.